The molecule has 0 spiro atoms. The van der Waals surface area contributed by atoms with Crippen LogP contribution in [0, 0.1) is 11.8 Å². The SMILES string of the molecule is CCC(C)CCC=C(C)C.CC[C@@H](C)CCC=C(C)C. The Balaban J connectivity index is 0. The van der Waals surface area contributed by atoms with Gasteiger partial charge in [0.1, 0.15) is 0 Å². The van der Waals surface area contributed by atoms with Crippen LogP contribution in [0.3, 0.4) is 0 Å². The first-order valence-corrected chi connectivity index (χ1v) is 8.60. The number of hydrogen-bond donors (Lipinski definition) is 0. The summed E-state index contributed by atoms with van der Waals surface area (Å²) in [6, 6.07) is 0. The highest BCUT2D eigenvalue weighted by Gasteiger charge is 1.95. The monoisotopic (exact) mass is 280 g/mol. The lowest BCUT2D eigenvalue weighted by Gasteiger charge is -2.04. The van der Waals surface area contributed by atoms with Gasteiger partial charge in [-0.25, -0.2) is 0 Å². The molecule has 0 aromatic carbocycles. The normalized spacial score (nSPS) is 12.8. The third-order valence-electron chi connectivity index (χ3n) is 3.82. The van der Waals surface area contributed by atoms with Gasteiger partial charge in [-0.1, -0.05) is 63.8 Å². The molecule has 0 rings (SSSR count). The summed E-state index contributed by atoms with van der Waals surface area (Å²) in [7, 11) is 0. The highest BCUT2D eigenvalue weighted by atomic mass is 14.0. The van der Waals surface area contributed by atoms with Crippen LogP contribution in [0.4, 0.5) is 0 Å². The van der Waals surface area contributed by atoms with Crippen molar-refractivity contribution in [2.24, 2.45) is 11.8 Å². The Kier molecular flexibility index (Phi) is 16.2. The summed E-state index contributed by atoms with van der Waals surface area (Å²) >= 11 is 0. The van der Waals surface area contributed by atoms with Crippen molar-refractivity contribution in [3.05, 3.63) is 23.3 Å². The molecule has 0 radical (unpaired) electrons. The summed E-state index contributed by atoms with van der Waals surface area (Å²) in [5, 5.41) is 0. The third kappa shape index (κ3) is 19.8. The van der Waals surface area contributed by atoms with Crippen LogP contribution in [0.1, 0.15) is 93.9 Å². The van der Waals surface area contributed by atoms with Crippen molar-refractivity contribution in [3.8, 4) is 0 Å². The Bertz CT molecular complexity index is 221. The van der Waals surface area contributed by atoms with Crippen LogP contribution in [-0.4, -0.2) is 0 Å². The second kappa shape index (κ2) is 14.9. The van der Waals surface area contributed by atoms with Gasteiger partial charge in [0.15, 0.2) is 0 Å². The van der Waals surface area contributed by atoms with Crippen molar-refractivity contribution in [1.82, 2.24) is 0 Å². The average Bonchev–Trinajstić information content (AvgIpc) is 2.38. The highest BCUT2D eigenvalue weighted by Crippen LogP contribution is 2.11. The van der Waals surface area contributed by atoms with Gasteiger partial charge >= 0.3 is 0 Å². The molecule has 0 bridgehead atoms. The van der Waals surface area contributed by atoms with Crippen LogP contribution in [0.15, 0.2) is 23.3 Å². The standard InChI is InChI=1S/2C10H20/c2*1-5-10(4)8-6-7-9(2)3/h2*7,10H,5-6,8H2,1-4H3/t10-;/m1./s1. The molecule has 0 aliphatic rings. The van der Waals surface area contributed by atoms with Gasteiger partial charge in [0.25, 0.3) is 0 Å². The zero-order valence-corrected chi connectivity index (χ0v) is 15.6. The maximum atomic E-state index is 2.33. The number of hydrogen-bond acceptors (Lipinski definition) is 0. The fourth-order valence-electron chi connectivity index (χ4n) is 1.72. The first kappa shape index (κ1) is 21.8. The second-order valence-electron chi connectivity index (χ2n) is 6.74. The van der Waals surface area contributed by atoms with Crippen LogP contribution in [-0.2, 0) is 0 Å². The second-order valence-corrected chi connectivity index (χ2v) is 6.74. The van der Waals surface area contributed by atoms with E-state index >= 15 is 0 Å². The Morgan fingerprint density at radius 3 is 1.20 bits per heavy atom. The Hall–Kier alpha value is -0.520. The summed E-state index contributed by atoms with van der Waals surface area (Å²) in [6.45, 7) is 17.8. The lowest BCUT2D eigenvalue weighted by molar-refractivity contribution is 0.521. The third-order valence-corrected chi connectivity index (χ3v) is 3.82. The molecular weight excluding hydrogens is 240 g/mol. The van der Waals surface area contributed by atoms with E-state index < -0.39 is 0 Å². The first-order valence-electron chi connectivity index (χ1n) is 8.60. The minimum absolute atomic E-state index is 0.899. The molecule has 0 heteroatoms. The summed E-state index contributed by atoms with van der Waals surface area (Å²) in [4.78, 5) is 0. The molecule has 0 fully saturated rings. The van der Waals surface area contributed by atoms with E-state index in [1.165, 1.54) is 49.7 Å². The van der Waals surface area contributed by atoms with Crippen molar-refractivity contribution in [2.45, 2.75) is 93.9 Å². The van der Waals surface area contributed by atoms with E-state index in [9.17, 15) is 0 Å². The van der Waals surface area contributed by atoms with Crippen molar-refractivity contribution in [3.63, 3.8) is 0 Å². The van der Waals surface area contributed by atoms with Gasteiger partial charge < -0.3 is 0 Å². The maximum absolute atomic E-state index is 2.33. The molecular formula is C20H40. The number of allylic oxidation sites excluding steroid dienone is 4. The van der Waals surface area contributed by atoms with Gasteiger partial charge in [-0.3, -0.25) is 0 Å². The van der Waals surface area contributed by atoms with Crippen LogP contribution in [0.5, 0.6) is 0 Å². The van der Waals surface area contributed by atoms with E-state index in [0.29, 0.717) is 0 Å². The van der Waals surface area contributed by atoms with Crippen molar-refractivity contribution in [1.29, 1.82) is 0 Å². The van der Waals surface area contributed by atoms with Gasteiger partial charge in [-0.2, -0.15) is 0 Å². The van der Waals surface area contributed by atoms with Crippen LogP contribution < -0.4 is 0 Å². The van der Waals surface area contributed by atoms with Gasteiger partial charge in [0, 0.05) is 0 Å². The van der Waals surface area contributed by atoms with Crippen LogP contribution in [0.2, 0.25) is 0 Å². The van der Waals surface area contributed by atoms with E-state index in [-0.39, 0.29) is 0 Å². The zero-order valence-electron chi connectivity index (χ0n) is 15.6. The molecule has 2 atom stereocenters. The molecule has 0 saturated carbocycles. The fourth-order valence-corrected chi connectivity index (χ4v) is 1.72. The predicted molar refractivity (Wildman–Crippen MR) is 96.2 cm³/mol. The van der Waals surface area contributed by atoms with Crippen LogP contribution >= 0.6 is 0 Å². The summed E-state index contributed by atoms with van der Waals surface area (Å²) in [6.07, 6.45) is 12.5. The highest BCUT2D eigenvalue weighted by molar-refractivity contribution is 4.93. The molecule has 20 heavy (non-hydrogen) atoms. The van der Waals surface area contributed by atoms with Crippen LogP contribution in [0.25, 0.3) is 0 Å². The van der Waals surface area contributed by atoms with E-state index in [4.69, 9.17) is 0 Å². The molecule has 1 unspecified atom stereocenters. The quantitative estimate of drug-likeness (QED) is 0.402. The molecule has 0 saturated heterocycles. The molecule has 0 N–H and O–H groups in total. The molecule has 0 aliphatic heterocycles. The maximum Gasteiger partial charge on any atom is -0.0346 e. The lowest BCUT2D eigenvalue weighted by atomic mass is 10.0. The number of rotatable bonds is 8. The van der Waals surface area contributed by atoms with E-state index in [2.05, 4.69) is 67.5 Å². The van der Waals surface area contributed by atoms with Gasteiger partial charge in [0.2, 0.25) is 0 Å². The molecule has 120 valence electrons. The van der Waals surface area contributed by atoms with Crippen molar-refractivity contribution >= 4 is 0 Å². The van der Waals surface area contributed by atoms with Gasteiger partial charge in [-0.05, 0) is 65.2 Å². The minimum Gasteiger partial charge on any atom is -0.0859 e. The first-order chi connectivity index (χ1) is 9.33. The largest absolute Gasteiger partial charge is 0.0859 e. The molecule has 0 heterocycles. The smallest absolute Gasteiger partial charge is 0.0346 e. The van der Waals surface area contributed by atoms with Crippen molar-refractivity contribution in [2.75, 3.05) is 0 Å². The molecule has 0 nitrogen and oxygen atoms in total. The summed E-state index contributed by atoms with van der Waals surface area (Å²) < 4.78 is 0. The van der Waals surface area contributed by atoms with Gasteiger partial charge in [-0.15, -0.1) is 0 Å². The molecule has 0 aromatic heterocycles. The zero-order chi connectivity index (χ0) is 16.0. The van der Waals surface area contributed by atoms with E-state index in [0.717, 1.165) is 11.8 Å². The van der Waals surface area contributed by atoms with E-state index in [1.54, 1.807) is 0 Å². The van der Waals surface area contributed by atoms with Crippen molar-refractivity contribution < 1.29 is 0 Å². The molecule has 0 amide bonds. The molecule has 0 aromatic rings. The molecule has 0 aliphatic carbocycles. The lowest BCUT2D eigenvalue weighted by Crippen LogP contribution is -1.89. The predicted octanol–water partition coefficient (Wildman–Crippen LogP) is 7.56. The van der Waals surface area contributed by atoms with Gasteiger partial charge in [0.05, 0.1) is 0 Å². The Labute approximate surface area is 129 Å². The topological polar surface area (TPSA) is 0 Å². The van der Waals surface area contributed by atoms with E-state index in [1.807, 2.05) is 0 Å². The Morgan fingerprint density at radius 2 is 1.00 bits per heavy atom. The Morgan fingerprint density at radius 1 is 0.700 bits per heavy atom. The fraction of sp³-hybridized carbons (Fsp3) is 0.800. The average molecular weight is 281 g/mol. The summed E-state index contributed by atoms with van der Waals surface area (Å²) in [5.74, 6) is 1.80. The minimum atomic E-state index is 0.899. The summed E-state index contributed by atoms with van der Waals surface area (Å²) in [5.41, 5.74) is 2.90.